The van der Waals surface area contributed by atoms with Crippen LogP contribution >= 0.6 is 11.3 Å². The first-order chi connectivity index (χ1) is 8.24. The summed E-state index contributed by atoms with van der Waals surface area (Å²) in [6.07, 6.45) is 4.69. The highest BCUT2D eigenvalue weighted by Gasteiger charge is 2.24. The van der Waals surface area contributed by atoms with Crippen molar-refractivity contribution in [3.8, 4) is 0 Å². The molecule has 0 radical (unpaired) electrons. The van der Waals surface area contributed by atoms with Crippen molar-refractivity contribution >= 4 is 17.3 Å². The normalized spacial score (nSPS) is 17.1. The molecule has 90 valence electrons. The highest BCUT2D eigenvalue weighted by atomic mass is 32.1. The first-order valence-electron chi connectivity index (χ1n) is 6.08. The van der Waals surface area contributed by atoms with Gasteiger partial charge in [-0.3, -0.25) is 0 Å². The van der Waals surface area contributed by atoms with Crippen LogP contribution in [0.4, 0.5) is 5.95 Å². The molecule has 2 aromatic heterocycles. The Morgan fingerprint density at radius 2 is 2.35 bits per heavy atom. The molecule has 4 heteroatoms. The molecule has 0 aromatic carbocycles. The number of aryl methyl sites for hydroxylation is 1. The van der Waals surface area contributed by atoms with Gasteiger partial charge in [0.15, 0.2) is 0 Å². The standard InChI is InChI=1S/C13H17N3S/c1-9-7-16(10(2)11-5-6-17-8-11)13(14-9)15-12-3-4-12/h5-8,10,12H,3-4H2,1-2H3,(H,14,15). The highest BCUT2D eigenvalue weighted by Crippen LogP contribution is 2.28. The number of hydrogen-bond donors (Lipinski definition) is 1. The summed E-state index contributed by atoms with van der Waals surface area (Å²) in [5.74, 6) is 1.02. The van der Waals surface area contributed by atoms with Gasteiger partial charge < -0.3 is 9.88 Å². The molecule has 1 aliphatic carbocycles. The Balaban J connectivity index is 1.89. The quantitative estimate of drug-likeness (QED) is 0.897. The van der Waals surface area contributed by atoms with E-state index >= 15 is 0 Å². The van der Waals surface area contributed by atoms with Crippen molar-refractivity contribution < 1.29 is 0 Å². The molecule has 2 heterocycles. The molecule has 1 atom stereocenters. The molecule has 1 saturated carbocycles. The van der Waals surface area contributed by atoms with Crippen LogP contribution < -0.4 is 5.32 Å². The van der Waals surface area contributed by atoms with Crippen LogP contribution in [0.1, 0.15) is 37.1 Å². The highest BCUT2D eigenvalue weighted by molar-refractivity contribution is 7.07. The largest absolute Gasteiger partial charge is 0.353 e. The summed E-state index contributed by atoms with van der Waals surface area (Å²) in [6.45, 7) is 4.27. The number of hydrogen-bond acceptors (Lipinski definition) is 3. The zero-order chi connectivity index (χ0) is 11.8. The van der Waals surface area contributed by atoms with Crippen LogP contribution in [-0.2, 0) is 0 Å². The third kappa shape index (κ3) is 2.22. The lowest BCUT2D eigenvalue weighted by Crippen LogP contribution is -2.12. The monoisotopic (exact) mass is 247 g/mol. The van der Waals surface area contributed by atoms with Gasteiger partial charge in [0.25, 0.3) is 0 Å². The SMILES string of the molecule is Cc1cn(C(C)c2ccsc2)c(NC2CC2)n1. The third-order valence-corrected chi connectivity index (χ3v) is 3.91. The molecule has 0 spiro atoms. The van der Waals surface area contributed by atoms with Gasteiger partial charge in [0.1, 0.15) is 0 Å². The van der Waals surface area contributed by atoms with Crippen LogP contribution in [0.5, 0.6) is 0 Å². The van der Waals surface area contributed by atoms with E-state index in [4.69, 9.17) is 0 Å². The average Bonchev–Trinajstić information content (AvgIpc) is 2.82. The Labute approximate surface area is 106 Å². The number of thiophene rings is 1. The van der Waals surface area contributed by atoms with Crippen LogP contribution in [0, 0.1) is 6.92 Å². The van der Waals surface area contributed by atoms with Gasteiger partial charge >= 0.3 is 0 Å². The smallest absolute Gasteiger partial charge is 0.203 e. The fraction of sp³-hybridized carbons (Fsp3) is 0.462. The van der Waals surface area contributed by atoms with Crippen LogP contribution in [0.3, 0.4) is 0 Å². The topological polar surface area (TPSA) is 29.9 Å². The molecule has 0 bridgehead atoms. The lowest BCUT2D eigenvalue weighted by molar-refractivity contribution is 0.644. The molecule has 0 saturated heterocycles. The molecule has 2 aromatic rings. The first kappa shape index (κ1) is 10.8. The van der Waals surface area contributed by atoms with Gasteiger partial charge in [0.05, 0.1) is 11.7 Å². The molecule has 17 heavy (non-hydrogen) atoms. The molecule has 3 nitrogen and oxygen atoms in total. The molecule has 1 aliphatic rings. The Bertz CT molecular complexity index is 497. The lowest BCUT2D eigenvalue weighted by Gasteiger charge is -2.15. The molecule has 0 aliphatic heterocycles. The minimum atomic E-state index is 0.351. The summed E-state index contributed by atoms with van der Waals surface area (Å²) in [4.78, 5) is 4.58. The predicted octanol–water partition coefficient (Wildman–Crippen LogP) is 3.44. The summed E-state index contributed by atoms with van der Waals surface area (Å²) in [7, 11) is 0. The fourth-order valence-electron chi connectivity index (χ4n) is 2.00. The number of anilines is 1. The third-order valence-electron chi connectivity index (χ3n) is 3.21. The molecule has 1 N–H and O–H groups in total. The number of aromatic nitrogens is 2. The number of imidazole rings is 1. The van der Waals surface area contributed by atoms with Gasteiger partial charge in [-0.2, -0.15) is 11.3 Å². The summed E-state index contributed by atoms with van der Waals surface area (Å²) < 4.78 is 2.25. The predicted molar refractivity (Wildman–Crippen MR) is 71.7 cm³/mol. The van der Waals surface area contributed by atoms with Crippen molar-refractivity contribution in [2.24, 2.45) is 0 Å². The molecule has 0 amide bonds. The second-order valence-electron chi connectivity index (χ2n) is 4.76. The molecule has 1 fully saturated rings. The lowest BCUT2D eigenvalue weighted by atomic mass is 10.2. The van der Waals surface area contributed by atoms with Crippen LogP contribution in [0.2, 0.25) is 0 Å². The summed E-state index contributed by atoms with van der Waals surface area (Å²) >= 11 is 1.75. The van der Waals surface area contributed by atoms with Gasteiger partial charge in [0, 0.05) is 12.2 Å². The minimum absolute atomic E-state index is 0.351. The van der Waals surface area contributed by atoms with Crippen molar-refractivity contribution in [3.05, 3.63) is 34.3 Å². The molecular formula is C13H17N3S. The zero-order valence-electron chi connectivity index (χ0n) is 10.2. The van der Waals surface area contributed by atoms with Crippen molar-refractivity contribution in [2.45, 2.75) is 38.8 Å². The zero-order valence-corrected chi connectivity index (χ0v) is 11.0. The Hall–Kier alpha value is -1.29. The van der Waals surface area contributed by atoms with E-state index in [0.29, 0.717) is 12.1 Å². The number of rotatable bonds is 4. The Morgan fingerprint density at radius 3 is 3.00 bits per heavy atom. The summed E-state index contributed by atoms with van der Waals surface area (Å²) in [5, 5.41) is 7.84. The number of nitrogens with zero attached hydrogens (tertiary/aromatic N) is 2. The molecule has 3 rings (SSSR count). The van der Waals surface area contributed by atoms with Crippen molar-refractivity contribution in [3.63, 3.8) is 0 Å². The Kier molecular flexibility index (Phi) is 2.67. The Morgan fingerprint density at radius 1 is 1.53 bits per heavy atom. The van der Waals surface area contributed by atoms with E-state index in [2.05, 4.69) is 51.7 Å². The second-order valence-corrected chi connectivity index (χ2v) is 5.54. The van der Waals surface area contributed by atoms with Gasteiger partial charge in [-0.05, 0) is 49.1 Å². The second kappa shape index (κ2) is 4.18. The van der Waals surface area contributed by atoms with Gasteiger partial charge in [-0.1, -0.05) is 0 Å². The van der Waals surface area contributed by atoms with E-state index in [1.807, 2.05) is 0 Å². The van der Waals surface area contributed by atoms with Crippen molar-refractivity contribution in [1.29, 1.82) is 0 Å². The van der Waals surface area contributed by atoms with E-state index in [1.165, 1.54) is 18.4 Å². The molecule has 1 unspecified atom stereocenters. The van der Waals surface area contributed by atoms with E-state index in [0.717, 1.165) is 11.6 Å². The van der Waals surface area contributed by atoms with E-state index in [1.54, 1.807) is 11.3 Å². The number of nitrogens with one attached hydrogen (secondary N) is 1. The van der Waals surface area contributed by atoms with Gasteiger partial charge in [0.2, 0.25) is 5.95 Å². The van der Waals surface area contributed by atoms with Crippen LogP contribution in [0.25, 0.3) is 0 Å². The van der Waals surface area contributed by atoms with Crippen molar-refractivity contribution in [1.82, 2.24) is 9.55 Å². The summed E-state index contributed by atoms with van der Waals surface area (Å²) in [5.41, 5.74) is 2.43. The maximum atomic E-state index is 4.58. The maximum absolute atomic E-state index is 4.58. The minimum Gasteiger partial charge on any atom is -0.353 e. The first-order valence-corrected chi connectivity index (χ1v) is 7.02. The maximum Gasteiger partial charge on any atom is 0.203 e. The molecular weight excluding hydrogens is 230 g/mol. The van der Waals surface area contributed by atoms with Crippen LogP contribution in [0.15, 0.2) is 23.0 Å². The summed E-state index contributed by atoms with van der Waals surface area (Å²) in [6, 6.07) is 3.18. The van der Waals surface area contributed by atoms with E-state index in [-0.39, 0.29) is 0 Å². The van der Waals surface area contributed by atoms with E-state index < -0.39 is 0 Å². The van der Waals surface area contributed by atoms with E-state index in [9.17, 15) is 0 Å². The van der Waals surface area contributed by atoms with Crippen LogP contribution in [-0.4, -0.2) is 15.6 Å². The average molecular weight is 247 g/mol. The van der Waals surface area contributed by atoms with Gasteiger partial charge in [-0.25, -0.2) is 4.98 Å². The van der Waals surface area contributed by atoms with Crippen molar-refractivity contribution in [2.75, 3.05) is 5.32 Å². The fourth-order valence-corrected chi connectivity index (χ4v) is 2.75. The van der Waals surface area contributed by atoms with Gasteiger partial charge in [-0.15, -0.1) is 0 Å².